The zero-order valence-corrected chi connectivity index (χ0v) is 24.9. The molecular formula is C32H35F2N7O3. The van der Waals surface area contributed by atoms with Gasteiger partial charge in [0, 0.05) is 32.2 Å². The molecule has 5 heterocycles. The van der Waals surface area contributed by atoms with Gasteiger partial charge < -0.3 is 25.2 Å². The molecule has 0 radical (unpaired) electrons. The fourth-order valence-electron chi connectivity index (χ4n) is 6.13. The predicted octanol–water partition coefficient (Wildman–Crippen LogP) is 3.64. The monoisotopic (exact) mass is 603 g/mol. The molecule has 2 N–H and O–H groups in total. The smallest absolute Gasteiger partial charge is 0.355 e. The van der Waals surface area contributed by atoms with E-state index in [-0.39, 0.29) is 59.0 Å². The van der Waals surface area contributed by atoms with Gasteiger partial charge in [0.25, 0.3) is 0 Å². The van der Waals surface area contributed by atoms with Crippen LogP contribution in [-0.2, 0) is 4.79 Å². The van der Waals surface area contributed by atoms with Crippen molar-refractivity contribution in [1.29, 1.82) is 0 Å². The van der Waals surface area contributed by atoms with Crippen molar-refractivity contribution in [2.24, 2.45) is 5.92 Å². The fourth-order valence-corrected chi connectivity index (χ4v) is 6.13. The molecule has 44 heavy (non-hydrogen) atoms. The number of rotatable bonds is 3. The number of amides is 1. The largest absolute Gasteiger partial charge is 0.493 e. The molecule has 3 aromatic rings. The lowest BCUT2D eigenvalue weighted by atomic mass is 9.97. The molecule has 1 aromatic carbocycles. The number of dihydropyridines is 1. The molecule has 1 fully saturated rings. The first-order valence-corrected chi connectivity index (χ1v) is 14.8. The minimum absolute atomic E-state index is 0.0426. The summed E-state index contributed by atoms with van der Waals surface area (Å²) in [4.78, 5) is 39.3. The van der Waals surface area contributed by atoms with Crippen molar-refractivity contribution in [3.05, 3.63) is 77.0 Å². The van der Waals surface area contributed by atoms with Gasteiger partial charge in [-0.05, 0) is 55.8 Å². The Balaban J connectivity index is 1.66. The second-order valence-electron chi connectivity index (χ2n) is 11.5. The maximum absolute atomic E-state index is 16.2. The van der Waals surface area contributed by atoms with Gasteiger partial charge in [0.15, 0.2) is 11.5 Å². The van der Waals surface area contributed by atoms with Crippen molar-refractivity contribution in [2.75, 3.05) is 37.7 Å². The third-order valence-electron chi connectivity index (χ3n) is 8.30. The molecule has 1 unspecified atom stereocenters. The highest BCUT2D eigenvalue weighted by molar-refractivity contribution is 5.92. The van der Waals surface area contributed by atoms with Crippen LogP contribution in [0.1, 0.15) is 27.2 Å². The summed E-state index contributed by atoms with van der Waals surface area (Å²) in [7, 11) is 0. The second kappa shape index (κ2) is 11.7. The minimum atomic E-state index is -0.780. The van der Waals surface area contributed by atoms with Crippen LogP contribution in [0, 0.1) is 17.6 Å². The number of carbonyl (C=O) groups excluding carboxylic acids is 1. The van der Waals surface area contributed by atoms with E-state index in [1.54, 1.807) is 11.0 Å². The lowest BCUT2D eigenvalue weighted by molar-refractivity contribution is -0.126. The van der Waals surface area contributed by atoms with Crippen LogP contribution < -0.4 is 26.0 Å². The van der Waals surface area contributed by atoms with Crippen molar-refractivity contribution >= 4 is 28.5 Å². The van der Waals surface area contributed by atoms with E-state index in [4.69, 9.17) is 9.72 Å². The molecule has 2 aromatic heterocycles. The fraction of sp³-hybridized carbons (Fsp3) is 0.375. The second-order valence-corrected chi connectivity index (χ2v) is 11.5. The standard InChI is InChI=1S/C32H35F2N7O3/c1-5-25(42)39-13-14-40(19(4)17-39)30-20-16-22(34)28-26-21(33)8-6-9-24(26)44-15-7-11-35-23-10-12-36-27(18(2)3)29(23)41(31(20)37-28)32(43)38-30/h5-6,8-10,12,16,18-19,27,35-36H,1,7,11,13-15,17H2,2-4H3/t19-,27?/m0/s1. The van der Waals surface area contributed by atoms with Gasteiger partial charge in [-0.15, -0.1) is 0 Å². The van der Waals surface area contributed by atoms with Crippen LogP contribution in [0.15, 0.2) is 59.7 Å². The molecule has 3 aliphatic rings. The van der Waals surface area contributed by atoms with Crippen LogP contribution in [0.5, 0.6) is 5.75 Å². The SMILES string of the molecule is C=CC(=O)N1CCN(c2nc(=O)n3c4nc(c(F)cc24)-c2c(F)cccc2OCCCNC2=C3C(C(C)C)NC=C2)[C@@H](C)C1. The van der Waals surface area contributed by atoms with E-state index in [2.05, 4.69) is 22.2 Å². The number of pyridine rings is 1. The molecule has 12 heteroatoms. The summed E-state index contributed by atoms with van der Waals surface area (Å²) in [6.07, 6.45) is 5.51. The molecule has 10 nitrogen and oxygen atoms in total. The summed E-state index contributed by atoms with van der Waals surface area (Å²) in [5, 5.41) is 7.07. The topological polar surface area (TPSA) is 105 Å². The van der Waals surface area contributed by atoms with Gasteiger partial charge in [0.05, 0.1) is 35.0 Å². The number of piperazine rings is 1. The van der Waals surface area contributed by atoms with Crippen molar-refractivity contribution in [1.82, 2.24) is 30.1 Å². The number of nitrogens with one attached hydrogen (secondary N) is 2. The predicted molar refractivity (Wildman–Crippen MR) is 165 cm³/mol. The molecule has 0 aliphatic carbocycles. The summed E-state index contributed by atoms with van der Waals surface area (Å²) in [6, 6.07) is 5.02. The third-order valence-corrected chi connectivity index (χ3v) is 8.30. The molecular weight excluding hydrogens is 568 g/mol. The highest BCUT2D eigenvalue weighted by Crippen LogP contribution is 2.37. The number of anilines is 1. The molecule has 2 atom stereocenters. The van der Waals surface area contributed by atoms with Gasteiger partial charge in [-0.2, -0.15) is 4.98 Å². The Morgan fingerprint density at radius 1 is 1.20 bits per heavy atom. The highest BCUT2D eigenvalue weighted by Gasteiger charge is 2.33. The van der Waals surface area contributed by atoms with Gasteiger partial charge in [-0.25, -0.2) is 23.1 Å². The van der Waals surface area contributed by atoms with E-state index in [0.29, 0.717) is 49.4 Å². The van der Waals surface area contributed by atoms with E-state index in [9.17, 15) is 9.59 Å². The van der Waals surface area contributed by atoms with Gasteiger partial charge in [-0.1, -0.05) is 26.5 Å². The van der Waals surface area contributed by atoms with Crippen LogP contribution >= 0.6 is 0 Å². The maximum atomic E-state index is 16.2. The lowest BCUT2D eigenvalue weighted by Crippen LogP contribution is -2.54. The number of aromatic nitrogens is 3. The first-order valence-electron chi connectivity index (χ1n) is 14.8. The quantitative estimate of drug-likeness (QED) is 0.438. The van der Waals surface area contributed by atoms with Crippen molar-refractivity contribution in [3.63, 3.8) is 0 Å². The minimum Gasteiger partial charge on any atom is -0.493 e. The Hall–Kier alpha value is -4.74. The van der Waals surface area contributed by atoms with Gasteiger partial charge in [0.1, 0.15) is 23.1 Å². The number of hydrogen-bond acceptors (Lipinski definition) is 8. The zero-order chi connectivity index (χ0) is 31.1. The van der Waals surface area contributed by atoms with E-state index in [1.165, 1.54) is 28.8 Å². The van der Waals surface area contributed by atoms with Crippen LogP contribution in [-0.4, -0.2) is 70.2 Å². The highest BCUT2D eigenvalue weighted by atomic mass is 19.1. The average molecular weight is 604 g/mol. The molecule has 1 amide bonds. The van der Waals surface area contributed by atoms with E-state index in [0.717, 1.165) is 0 Å². The van der Waals surface area contributed by atoms with E-state index in [1.807, 2.05) is 37.9 Å². The number of ether oxygens (including phenoxy) is 1. The van der Waals surface area contributed by atoms with E-state index >= 15 is 8.78 Å². The van der Waals surface area contributed by atoms with Crippen molar-refractivity contribution < 1.29 is 18.3 Å². The summed E-state index contributed by atoms with van der Waals surface area (Å²) >= 11 is 0. The number of benzene rings is 1. The van der Waals surface area contributed by atoms with Gasteiger partial charge in [0.2, 0.25) is 5.91 Å². The summed E-state index contributed by atoms with van der Waals surface area (Å²) in [5.74, 6) is -1.20. The van der Waals surface area contributed by atoms with Gasteiger partial charge in [-0.3, -0.25) is 4.79 Å². The number of carbonyl (C=O) groups is 1. The normalized spacial score (nSPS) is 20.1. The Kier molecular flexibility index (Phi) is 7.83. The van der Waals surface area contributed by atoms with Crippen molar-refractivity contribution in [3.8, 4) is 17.0 Å². The number of nitrogens with zero attached hydrogens (tertiary/aromatic N) is 5. The van der Waals surface area contributed by atoms with E-state index < -0.39 is 17.3 Å². The zero-order valence-electron chi connectivity index (χ0n) is 24.9. The molecule has 230 valence electrons. The average Bonchev–Trinajstić information content (AvgIpc) is 3.01. The molecule has 0 spiro atoms. The third kappa shape index (κ3) is 5.07. The number of fused-ring (bicyclic) bond motifs is 4. The summed E-state index contributed by atoms with van der Waals surface area (Å²) in [6.45, 7) is 11.4. The molecule has 0 saturated carbocycles. The summed E-state index contributed by atoms with van der Waals surface area (Å²) in [5.41, 5.74) is 0.439. The number of allylic oxidation sites excluding steroid dienone is 1. The molecule has 2 bridgehead atoms. The number of hydrogen-bond donors (Lipinski definition) is 2. The maximum Gasteiger partial charge on any atom is 0.355 e. The summed E-state index contributed by atoms with van der Waals surface area (Å²) < 4.78 is 39.0. The lowest BCUT2D eigenvalue weighted by Gasteiger charge is -2.40. The first kappa shape index (κ1) is 29.3. The molecule has 6 rings (SSSR count). The Morgan fingerprint density at radius 3 is 2.77 bits per heavy atom. The Bertz CT molecular complexity index is 1770. The molecule has 3 aliphatic heterocycles. The molecule has 1 saturated heterocycles. The Labute approximate surface area is 253 Å². The van der Waals surface area contributed by atoms with Crippen molar-refractivity contribution in [2.45, 2.75) is 39.3 Å². The number of halogens is 2. The van der Waals surface area contributed by atoms with Crippen LogP contribution in [0.2, 0.25) is 0 Å². The van der Waals surface area contributed by atoms with Crippen LogP contribution in [0.25, 0.3) is 28.0 Å². The Morgan fingerprint density at radius 2 is 2.02 bits per heavy atom. The van der Waals surface area contributed by atoms with Crippen LogP contribution in [0.4, 0.5) is 14.6 Å². The van der Waals surface area contributed by atoms with Gasteiger partial charge >= 0.3 is 5.69 Å². The first-order chi connectivity index (χ1) is 21.2. The van der Waals surface area contributed by atoms with Crippen LogP contribution in [0.3, 0.4) is 0 Å².